The number of imidazole rings is 1. The number of fused-ring (bicyclic) bond motifs is 5. The van der Waals surface area contributed by atoms with Crippen molar-refractivity contribution in [1.82, 2.24) is 19.1 Å². The maximum Gasteiger partial charge on any atom is 0.145 e. The van der Waals surface area contributed by atoms with Crippen LogP contribution in [-0.4, -0.2) is 19.1 Å². The van der Waals surface area contributed by atoms with Crippen LogP contribution in [0.2, 0.25) is 0 Å². The van der Waals surface area contributed by atoms with Gasteiger partial charge in [-0.25, -0.2) is 4.98 Å². The quantitative estimate of drug-likeness (QED) is 0.294. The Balaban J connectivity index is 1.66. The van der Waals surface area contributed by atoms with E-state index in [4.69, 9.17) is 4.98 Å². The van der Waals surface area contributed by atoms with Crippen molar-refractivity contribution in [1.29, 1.82) is 0 Å². The lowest BCUT2D eigenvalue weighted by Gasteiger charge is -2.10. The van der Waals surface area contributed by atoms with Crippen LogP contribution in [-0.2, 0) is 0 Å². The summed E-state index contributed by atoms with van der Waals surface area (Å²) in [6.45, 7) is 0. The van der Waals surface area contributed by atoms with Gasteiger partial charge >= 0.3 is 0 Å². The van der Waals surface area contributed by atoms with Crippen LogP contribution in [0.15, 0.2) is 122 Å². The molecule has 0 saturated carbocycles. The maximum absolute atomic E-state index is 5.27. The van der Waals surface area contributed by atoms with Crippen LogP contribution in [0, 0.1) is 0 Å². The summed E-state index contributed by atoms with van der Waals surface area (Å²) < 4.78 is 4.58. The zero-order valence-corrected chi connectivity index (χ0v) is 18.3. The topological polar surface area (TPSA) is 35.6 Å². The summed E-state index contributed by atoms with van der Waals surface area (Å²) in [7, 11) is 0. The van der Waals surface area contributed by atoms with Gasteiger partial charge < -0.3 is 4.57 Å². The van der Waals surface area contributed by atoms with Gasteiger partial charge in [-0.3, -0.25) is 9.55 Å². The lowest BCUT2D eigenvalue weighted by Crippen LogP contribution is -1.97. The highest BCUT2D eigenvalue weighted by Gasteiger charge is 2.20. The molecule has 4 nitrogen and oxygen atoms in total. The first kappa shape index (κ1) is 18.8. The minimum atomic E-state index is 0.910. The minimum Gasteiger partial charge on any atom is -0.309 e. The molecule has 0 fully saturated rings. The molecule has 0 saturated heterocycles. The first-order valence-electron chi connectivity index (χ1n) is 11.4. The zero-order chi connectivity index (χ0) is 22.5. The Labute approximate surface area is 196 Å². The fraction of sp³-hybridized carbons (Fsp3) is 0. The molecule has 4 aromatic carbocycles. The summed E-state index contributed by atoms with van der Waals surface area (Å²) >= 11 is 0. The van der Waals surface area contributed by atoms with E-state index in [9.17, 15) is 0 Å². The van der Waals surface area contributed by atoms with Crippen molar-refractivity contribution in [3.63, 3.8) is 0 Å². The van der Waals surface area contributed by atoms with Crippen molar-refractivity contribution in [2.75, 3.05) is 0 Å². The predicted molar refractivity (Wildman–Crippen MR) is 139 cm³/mol. The second-order valence-corrected chi connectivity index (χ2v) is 8.36. The summed E-state index contributed by atoms with van der Waals surface area (Å²) in [5.41, 5.74) is 7.68. The number of benzene rings is 4. The Morgan fingerprint density at radius 1 is 0.500 bits per heavy atom. The number of rotatable bonds is 3. The van der Waals surface area contributed by atoms with Crippen molar-refractivity contribution in [3.05, 3.63) is 122 Å². The third-order valence-corrected chi connectivity index (χ3v) is 6.43. The third-order valence-electron chi connectivity index (χ3n) is 6.43. The van der Waals surface area contributed by atoms with Gasteiger partial charge in [0.05, 0.1) is 22.1 Å². The van der Waals surface area contributed by atoms with Gasteiger partial charge in [0.2, 0.25) is 0 Å². The van der Waals surface area contributed by atoms with Crippen molar-refractivity contribution in [2.45, 2.75) is 0 Å². The van der Waals surface area contributed by atoms with Gasteiger partial charge in [-0.2, -0.15) is 0 Å². The molecule has 3 aromatic heterocycles. The summed E-state index contributed by atoms with van der Waals surface area (Å²) in [6, 6.07) is 38.0. The Kier molecular flexibility index (Phi) is 4.11. The molecule has 0 spiro atoms. The minimum absolute atomic E-state index is 0.910. The standard InChI is InChI=1S/C30H20N4/c1-3-9-22(10-4-1)33-25-14-8-7-13-24(25)28-26(33)15-16-27-29(28)32-30(21-17-19-31-20-18-21)34(27)23-11-5-2-6-12-23/h1-20H. The van der Waals surface area contributed by atoms with E-state index in [1.165, 1.54) is 16.3 Å². The van der Waals surface area contributed by atoms with Crippen LogP contribution >= 0.6 is 0 Å². The van der Waals surface area contributed by atoms with Crippen molar-refractivity contribution in [3.8, 4) is 22.8 Å². The lowest BCUT2D eigenvalue weighted by molar-refractivity contribution is 1.10. The van der Waals surface area contributed by atoms with E-state index in [2.05, 4.69) is 105 Å². The normalized spacial score (nSPS) is 11.5. The van der Waals surface area contributed by atoms with E-state index in [0.29, 0.717) is 0 Å². The molecule has 0 radical (unpaired) electrons. The Hall–Kier alpha value is -4.70. The predicted octanol–water partition coefficient (Wildman–Crippen LogP) is 7.18. The molecular weight excluding hydrogens is 416 g/mol. The molecule has 0 aliphatic heterocycles. The van der Waals surface area contributed by atoms with Crippen LogP contribution in [0.5, 0.6) is 0 Å². The second-order valence-electron chi connectivity index (χ2n) is 8.36. The lowest BCUT2D eigenvalue weighted by atomic mass is 10.1. The molecule has 3 heterocycles. The summed E-state index contributed by atoms with van der Waals surface area (Å²) in [5.74, 6) is 0.910. The number of aromatic nitrogens is 4. The van der Waals surface area contributed by atoms with E-state index >= 15 is 0 Å². The molecule has 0 N–H and O–H groups in total. The fourth-order valence-electron chi connectivity index (χ4n) is 4.98. The van der Waals surface area contributed by atoms with Gasteiger partial charge in [-0.1, -0.05) is 54.6 Å². The maximum atomic E-state index is 5.27. The summed E-state index contributed by atoms with van der Waals surface area (Å²) in [6.07, 6.45) is 3.64. The van der Waals surface area contributed by atoms with Gasteiger partial charge in [0, 0.05) is 40.1 Å². The number of para-hydroxylation sites is 3. The number of hydrogen-bond donors (Lipinski definition) is 0. The Bertz CT molecular complexity index is 1780. The first-order chi connectivity index (χ1) is 16.9. The van der Waals surface area contributed by atoms with E-state index in [-0.39, 0.29) is 0 Å². The first-order valence-corrected chi connectivity index (χ1v) is 11.4. The van der Waals surface area contributed by atoms with Gasteiger partial charge in [0.1, 0.15) is 5.82 Å². The highest BCUT2D eigenvalue weighted by Crippen LogP contribution is 2.39. The van der Waals surface area contributed by atoms with Crippen LogP contribution in [0.3, 0.4) is 0 Å². The number of hydrogen-bond acceptors (Lipinski definition) is 2. The number of pyridine rings is 1. The van der Waals surface area contributed by atoms with Gasteiger partial charge in [0.15, 0.2) is 0 Å². The Morgan fingerprint density at radius 2 is 1.12 bits per heavy atom. The molecule has 160 valence electrons. The van der Waals surface area contributed by atoms with Crippen LogP contribution < -0.4 is 0 Å². The molecule has 7 rings (SSSR count). The molecule has 4 heteroatoms. The largest absolute Gasteiger partial charge is 0.309 e. The van der Waals surface area contributed by atoms with E-state index < -0.39 is 0 Å². The molecule has 0 aliphatic rings. The van der Waals surface area contributed by atoms with Gasteiger partial charge in [0.25, 0.3) is 0 Å². The molecule has 0 amide bonds. The monoisotopic (exact) mass is 436 g/mol. The fourth-order valence-corrected chi connectivity index (χ4v) is 4.98. The SMILES string of the molecule is c1ccc(-n2c(-c3ccncc3)nc3c4c5ccccc5n(-c5ccccc5)c4ccc32)cc1. The van der Waals surface area contributed by atoms with Gasteiger partial charge in [-0.15, -0.1) is 0 Å². The zero-order valence-electron chi connectivity index (χ0n) is 18.3. The third kappa shape index (κ3) is 2.72. The smallest absolute Gasteiger partial charge is 0.145 e. The molecule has 7 aromatic rings. The van der Waals surface area contributed by atoms with Crippen molar-refractivity contribution in [2.24, 2.45) is 0 Å². The second kappa shape index (κ2) is 7.42. The molecule has 34 heavy (non-hydrogen) atoms. The average Bonchev–Trinajstić information content (AvgIpc) is 3.46. The summed E-state index contributed by atoms with van der Waals surface area (Å²) in [5, 5.41) is 2.37. The van der Waals surface area contributed by atoms with Crippen LogP contribution in [0.1, 0.15) is 0 Å². The highest BCUT2D eigenvalue weighted by atomic mass is 15.1. The van der Waals surface area contributed by atoms with E-state index in [1.807, 2.05) is 30.6 Å². The van der Waals surface area contributed by atoms with E-state index in [1.54, 1.807) is 0 Å². The van der Waals surface area contributed by atoms with Crippen molar-refractivity contribution >= 4 is 32.8 Å². The molecule has 0 unspecified atom stereocenters. The molecular formula is C30H20N4. The summed E-state index contributed by atoms with van der Waals surface area (Å²) in [4.78, 5) is 9.48. The van der Waals surface area contributed by atoms with Gasteiger partial charge in [-0.05, 0) is 54.6 Å². The van der Waals surface area contributed by atoms with Crippen LogP contribution in [0.4, 0.5) is 0 Å². The molecule has 0 bridgehead atoms. The van der Waals surface area contributed by atoms with E-state index in [0.717, 1.165) is 39.3 Å². The average molecular weight is 437 g/mol. The molecule has 0 aliphatic carbocycles. The van der Waals surface area contributed by atoms with Crippen LogP contribution in [0.25, 0.3) is 55.6 Å². The molecule has 0 atom stereocenters. The Morgan fingerprint density at radius 3 is 1.85 bits per heavy atom. The van der Waals surface area contributed by atoms with Crippen molar-refractivity contribution < 1.29 is 0 Å². The number of nitrogens with zero attached hydrogens (tertiary/aromatic N) is 4. The highest BCUT2D eigenvalue weighted by molar-refractivity contribution is 6.20.